The number of benzene rings is 2. The summed E-state index contributed by atoms with van der Waals surface area (Å²) < 4.78 is 1.87. The number of aliphatic hydroxyl groups excluding tert-OH is 1. The number of nitrogens with zero attached hydrogens (tertiary/aromatic N) is 3. The lowest BCUT2D eigenvalue weighted by Crippen LogP contribution is -2.05. The van der Waals surface area contributed by atoms with E-state index in [1.807, 2.05) is 34.9 Å². The fourth-order valence-corrected chi connectivity index (χ4v) is 2.37. The third-order valence-corrected chi connectivity index (χ3v) is 3.34. The van der Waals surface area contributed by atoms with Gasteiger partial charge in [0.25, 0.3) is 5.69 Å². The first-order valence-corrected chi connectivity index (χ1v) is 6.47. The van der Waals surface area contributed by atoms with Crippen molar-refractivity contribution in [1.29, 1.82) is 0 Å². The number of hydrogen-bond acceptors (Lipinski definition) is 4. The Hall–Kier alpha value is -2.73. The van der Waals surface area contributed by atoms with Gasteiger partial charge in [0.1, 0.15) is 12.4 Å². The zero-order valence-electron chi connectivity index (χ0n) is 11.1. The van der Waals surface area contributed by atoms with Crippen molar-refractivity contribution in [2.45, 2.75) is 13.2 Å². The minimum atomic E-state index is -0.414. The number of imidazole rings is 1. The number of nitro groups is 1. The SMILES string of the molecule is O=[N+]([O-])c1cccc(Cn2c(CO)nc3ccccc32)c1. The first-order chi connectivity index (χ1) is 10.2. The van der Waals surface area contributed by atoms with Crippen LogP contribution in [0.5, 0.6) is 0 Å². The van der Waals surface area contributed by atoms with Crippen LogP contribution >= 0.6 is 0 Å². The molecule has 0 aliphatic rings. The molecule has 0 fully saturated rings. The van der Waals surface area contributed by atoms with E-state index in [4.69, 9.17) is 0 Å². The van der Waals surface area contributed by atoms with E-state index in [9.17, 15) is 15.2 Å². The van der Waals surface area contributed by atoms with Crippen molar-refractivity contribution in [2.75, 3.05) is 0 Å². The third-order valence-electron chi connectivity index (χ3n) is 3.34. The van der Waals surface area contributed by atoms with Crippen molar-refractivity contribution in [3.63, 3.8) is 0 Å². The molecule has 2 aromatic carbocycles. The van der Waals surface area contributed by atoms with Gasteiger partial charge in [-0.2, -0.15) is 0 Å². The average molecular weight is 283 g/mol. The van der Waals surface area contributed by atoms with Gasteiger partial charge in [-0.05, 0) is 17.7 Å². The largest absolute Gasteiger partial charge is 0.388 e. The summed E-state index contributed by atoms with van der Waals surface area (Å²) >= 11 is 0. The summed E-state index contributed by atoms with van der Waals surface area (Å²) in [4.78, 5) is 14.8. The maximum atomic E-state index is 10.8. The number of hydrogen-bond donors (Lipinski definition) is 1. The molecular weight excluding hydrogens is 270 g/mol. The minimum Gasteiger partial charge on any atom is -0.388 e. The van der Waals surface area contributed by atoms with E-state index in [1.165, 1.54) is 12.1 Å². The quantitative estimate of drug-likeness (QED) is 0.589. The topological polar surface area (TPSA) is 81.2 Å². The molecule has 0 unspecified atom stereocenters. The van der Waals surface area contributed by atoms with Crippen molar-refractivity contribution in [3.8, 4) is 0 Å². The normalized spacial score (nSPS) is 10.9. The second kappa shape index (κ2) is 5.34. The fourth-order valence-electron chi connectivity index (χ4n) is 2.37. The predicted molar refractivity (Wildman–Crippen MR) is 77.9 cm³/mol. The van der Waals surface area contributed by atoms with E-state index in [-0.39, 0.29) is 12.3 Å². The summed E-state index contributed by atoms with van der Waals surface area (Å²) in [6, 6.07) is 14.0. The van der Waals surface area contributed by atoms with Crippen LogP contribution in [0.15, 0.2) is 48.5 Å². The van der Waals surface area contributed by atoms with Gasteiger partial charge in [-0.1, -0.05) is 24.3 Å². The maximum Gasteiger partial charge on any atom is 0.269 e. The van der Waals surface area contributed by atoms with Crippen LogP contribution < -0.4 is 0 Å². The number of aliphatic hydroxyl groups is 1. The first-order valence-electron chi connectivity index (χ1n) is 6.47. The summed E-state index contributed by atoms with van der Waals surface area (Å²) in [6.07, 6.45) is 0. The summed E-state index contributed by atoms with van der Waals surface area (Å²) in [5.41, 5.74) is 2.55. The van der Waals surface area contributed by atoms with Crippen LogP contribution in [0.1, 0.15) is 11.4 Å². The Labute approximate surface area is 120 Å². The molecule has 0 atom stereocenters. The number of nitro benzene ring substituents is 1. The lowest BCUT2D eigenvalue weighted by molar-refractivity contribution is -0.384. The molecule has 106 valence electrons. The Balaban J connectivity index is 2.05. The number of fused-ring (bicyclic) bond motifs is 1. The molecule has 1 aromatic heterocycles. The second-order valence-corrected chi connectivity index (χ2v) is 4.69. The van der Waals surface area contributed by atoms with Crippen molar-refractivity contribution in [3.05, 3.63) is 70.0 Å². The molecule has 3 aromatic rings. The fraction of sp³-hybridized carbons (Fsp3) is 0.133. The van der Waals surface area contributed by atoms with Crippen LogP contribution in [-0.2, 0) is 13.2 Å². The highest BCUT2D eigenvalue weighted by atomic mass is 16.6. The van der Waals surface area contributed by atoms with Gasteiger partial charge in [0.2, 0.25) is 0 Å². The Kier molecular flexibility index (Phi) is 3.37. The highest BCUT2D eigenvalue weighted by Crippen LogP contribution is 2.20. The van der Waals surface area contributed by atoms with Gasteiger partial charge in [-0.3, -0.25) is 10.1 Å². The Morgan fingerprint density at radius 2 is 2.00 bits per heavy atom. The Morgan fingerprint density at radius 1 is 1.19 bits per heavy atom. The molecule has 0 amide bonds. The van der Waals surface area contributed by atoms with Crippen LogP contribution in [0.4, 0.5) is 5.69 Å². The molecule has 0 saturated carbocycles. The van der Waals surface area contributed by atoms with Crippen molar-refractivity contribution < 1.29 is 10.0 Å². The van der Waals surface area contributed by atoms with Gasteiger partial charge >= 0.3 is 0 Å². The van der Waals surface area contributed by atoms with E-state index in [0.29, 0.717) is 12.4 Å². The number of aromatic nitrogens is 2. The molecule has 6 heteroatoms. The van der Waals surface area contributed by atoms with Gasteiger partial charge < -0.3 is 9.67 Å². The maximum absolute atomic E-state index is 10.8. The highest BCUT2D eigenvalue weighted by Gasteiger charge is 2.11. The molecule has 0 aliphatic carbocycles. The van der Waals surface area contributed by atoms with Crippen molar-refractivity contribution in [1.82, 2.24) is 9.55 Å². The van der Waals surface area contributed by atoms with Gasteiger partial charge in [0, 0.05) is 18.7 Å². The lowest BCUT2D eigenvalue weighted by Gasteiger charge is -2.08. The minimum absolute atomic E-state index is 0.0578. The van der Waals surface area contributed by atoms with Crippen LogP contribution in [0, 0.1) is 10.1 Å². The zero-order chi connectivity index (χ0) is 14.8. The molecule has 0 bridgehead atoms. The molecule has 1 N–H and O–H groups in total. The average Bonchev–Trinajstić information content (AvgIpc) is 2.86. The Bertz CT molecular complexity index is 811. The molecule has 1 heterocycles. The monoisotopic (exact) mass is 283 g/mol. The first kappa shape index (κ1) is 13.3. The zero-order valence-corrected chi connectivity index (χ0v) is 11.1. The summed E-state index contributed by atoms with van der Waals surface area (Å²) in [6.45, 7) is 0.252. The summed E-state index contributed by atoms with van der Waals surface area (Å²) in [7, 11) is 0. The van der Waals surface area contributed by atoms with Crippen LogP contribution in [0.3, 0.4) is 0 Å². The van der Waals surface area contributed by atoms with Gasteiger partial charge in [0.15, 0.2) is 0 Å². The number of para-hydroxylation sites is 2. The van der Waals surface area contributed by atoms with Gasteiger partial charge in [-0.25, -0.2) is 4.98 Å². The predicted octanol–water partition coefficient (Wildman–Crippen LogP) is 2.49. The standard InChI is InChI=1S/C15H13N3O3/c19-10-15-16-13-6-1-2-7-14(13)17(15)9-11-4-3-5-12(8-11)18(20)21/h1-8,19H,9-10H2. The molecule has 0 radical (unpaired) electrons. The van der Waals surface area contributed by atoms with E-state index in [2.05, 4.69) is 4.98 Å². The van der Waals surface area contributed by atoms with Crippen molar-refractivity contribution in [2.24, 2.45) is 0 Å². The second-order valence-electron chi connectivity index (χ2n) is 4.69. The highest BCUT2D eigenvalue weighted by molar-refractivity contribution is 5.76. The molecular formula is C15H13N3O3. The van der Waals surface area contributed by atoms with E-state index in [0.717, 1.165) is 16.6 Å². The van der Waals surface area contributed by atoms with Crippen LogP contribution in [-0.4, -0.2) is 19.6 Å². The lowest BCUT2D eigenvalue weighted by atomic mass is 10.2. The van der Waals surface area contributed by atoms with Gasteiger partial charge in [-0.15, -0.1) is 0 Å². The third kappa shape index (κ3) is 2.48. The van der Waals surface area contributed by atoms with E-state index in [1.54, 1.807) is 6.07 Å². The van der Waals surface area contributed by atoms with Gasteiger partial charge in [0.05, 0.1) is 16.0 Å². The van der Waals surface area contributed by atoms with Crippen LogP contribution in [0.25, 0.3) is 11.0 Å². The smallest absolute Gasteiger partial charge is 0.269 e. The summed E-state index contributed by atoms with van der Waals surface area (Å²) in [5.74, 6) is 0.544. The van der Waals surface area contributed by atoms with E-state index >= 15 is 0 Å². The molecule has 0 aliphatic heterocycles. The van der Waals surface area contributed by atoms with Crippen LogP contribution in [0.2, 0.25) is 0 Å². The van der Waals surface area contributed by atoms with Crippen molar-refractivity contribution >= 4 is 16.7 Å². The number of non-ortho nitro benzene ring substituents is 1. The molecule has 6 nitrogen and oxygen atoms in total. The molecule has 0 saturated heterocycles. The Morgan fingerprint density at radius 3 is 2.76 bits per heavy atom. The van der Waals surface area contributed by atoms with E-state index < -0.39 is 4.92 Å². The number of rotatable bonds is 4. The molecule has 0 spiro atoms. The molecule has 21 heavy (non-hydrogen) atoms. The molecule has 3 rings (SSSR count). The summed E-state index contributed by atoms with van der Waals surface area (Å²) in [5, 5.41) is 20.3.